The van der Waals surface area contributed by atoms with Crippen molar-refractivity contribution in [1.82, 2.24) is 9.62 Å². The number of alkyl halides is 3. The first-order valence-electron chi connectivity index (χ1n) is 7.02. The molecule has 0 saturated heterocycles. The smallest absolute Gasteiger partial charge is 0.370 e. The highest BCUT2D eigenvalue weighted by molar-refractivity contribution is 14.1. The number of benzene rings is 1. The normalized spacial score (nSPS) is 13.8. The van der Waals surface area contributed by atoms with Gasteiger partial charge < -0.3 is 10.1 Å². The number of amides is 1. The maximum absolute atomic E-state index is 12.3. The standard InChI is InChI=1S/C14H18F3IN2O4S/c1-9(7-24-8-14(15,16)17)19-13(21)11-6-10(4-5-12(11)18)25(22,23)20(2)3/h4-6,9H,7-8H2,1-3H3,(H,19,21). The van der Waals surface area contributed by atoms with Crippen LogP contribution in [0.3, 0.4) is 0 Å². The van der Waals surface area contributed by atoms with Crippen LogP contribution >= 0.6 is 22.6 Å². The van der Waals surface area contributed by atoms with Crippen molar-refractivity contribution in [3.05, 3.63) is 27.3 Å². The lowest BCUT2D eigenvalue weighted by Gasteiger charge is -2.17. The topological polar surface area (TPSA) is 75.7 Å². The van der Waals surface area contributed by atoms with Crippen LogP contribution in [0.5, 0.6) is 0 Å². The van der Waals surface area contributed by atoms with E-state index in [4.69, 9.17) is 0 Å². The molecule has 0 fully saturated rings. The third-order valence-electron chi connectivity index (χ3n) is 2.97. The number of carbonyl (C=O) groups excluding carboxylic acids is 1. The molecule has 0 saturated carbocycles. The number of nitrogens with zero attached hydrogens (tertiary/aromatic N) is 1. The van der Waals surface area contributed by atoms with Crippen molar-refractivity contribution in [2.75, 3.05) is 27.3 Å². The lowest BCUT2D eigenvalue weighted by molar-refractivity contribution is -0.174. The average molecular weight is 494 g/mol. The Labute approximate surface area is 157 Å². The maximum atomic E-state index is 12.3. The molecule has 0 radical (unpaired) electrons. The molecule has 6 nitrogen and oxygen atoms in total. The maximum Gasteiger partial charge on any atom is 0.411 e. The van der Waals surface area contributed by atoms with Crippen molar-refractivity contribution in [2.45, 2.75) is 24.0 Å². The summed E-state index contributed by atoms with van der Waals surface area (Å²) >= 11 is 1.87. The predicted octanol–water partition coefficient (Wildman–Crippen LogP) is 2.24. The molecule has 1 rings (SSSR count). The molecule has 0 bridgehead atoms. The van der Waals surface area contributed by atoms with Crippen LogP contribution in [-0.2, 0) is 14.8 Å². The van der Waals surface area contributed by atoms with Gasteiger partial charge in [-0.3, -0.25) is 4.79 Å². The number of hydrogen-bond acceptors (Lipinski definition) is 4. The van der Waals surface area contributed by atoms with E-state index < -0.39 is 34.8 Å². The van der Waals surface area contributed by atoms with E-state index in [0.29, 0.717) is 3.57 Å². The molecule has 1 unspecified atom stereocenters. The van der Waals surface area contributed by atoms with Gasteiger partial charge in [0.15, 0.2) is 0 Å². The molecule has 0 aliphatic heterocycles. The van der Waals surface area contributed by atoms with Gasteiger partial charge in [0.25, 0.3) is 5.91 Å². The predicted molar refractivity (Wildman–Crippen MR) is 93.8 cm³/mol. The second kappa shape index (κ2) is 8.64. The molecule has 11 heteroatoms. The highest BCUT2D eigenvalue weighted by Crippen LogP contribution is 2.20. The van der Waals surface area contributed by atoms with E-state index in [1.807, 2.05) is 22.6 Å². The molecule has 1 amide bonds. The first-order chi connectivity index (χ1) is 11.3. The summed E-state index contributed by atoms with van der Waals surface area (Å²) in [5, 5.41) is 2.49. The summed E-state index contributed by atoms with van der Waals surface area (Å²) in [6.45, 7) is -0.236. The van der Waals surface area contributed by atoms with Gasteiger partial charge in [-0.1, -0.05) is 0 Å². The number of rotatable bonds is 7. The van der Waals surface area contributed by atoms with Crippen molar-refractivity contribution in [3.8, 4) is 0 Å². The summed E-state index contributed by atoms with van der Waals surface area (Å²) in [5.41, 5.74) is 0.117. The van der Waals surface area contributed by atoms with E-state index in [1.165, 1.54) is 39.2 Å². The van der Waals surface area contributed by atoms with E-state index in [9.17, 15) is 26.4 Å². The SMILES string of the molecule is CC(COCC(F)(F)F)NC(=O)c1cc(S(=O)(=O)N(C)C)ccc1I. The molecule has 1 N–H and O–H groups in total. The van der Waals surface area contributed by atoms with Gasteiger partial charge in [-0.25, -0.2) is 12.7 Å². The highest BCUT2D eigenvalue weighted by atomic mass is 127. The van der Waals surface area contributed by atoms with Crippen molar-refractivity contribution in [2.24, 2.45) is 0 Å². The molecule has 0 spiro atoms. The van der Waals surface area contributed by atoms with Crippen molar-refractivity contribution in [3.63, 3.8) is 0 Å². The molecule has 0 aromatic heterocycles. The van der Waals surface area contributed by atoms with Gasteiger partial charge in [0.1, 0.15) is 6.61 Å². The Balaban J connectivity index is 2.85. The Bertz CT molecular complexity index is 723. The van der Waals surface area contributed by atoms with E-state index in [-0.39, 0.29) is 17.1 Å². The highest BCUT2D eigenvalue weighted by Gasteiger charge is 2.28. The molecule has 0 aliphatic carbocycles. The van der Waals surface area contributed by atoms with Crippen LogP contribution in [0.1, 0.15) is 17.3 Å². The Kier molecular flexibility index (Phi) is 7.65. The van der Waals surface area contributed by atoms with Crippen LogP contribution in [0, 0.1) is 3.57 Å². The molecule has 1 aromatic rings. The van der Waals surface area contributed by atoms with E-state index in [1.54, 1.807) is 0 Å². The van der Waals surface area contributed by atoms with Gasteiger partial charge in [-0.15, -0.1) is 0 Å². The molecule has 1 aromatic carbocycles. The van der Waals surface area contributed by atoms with Crippen LogP contribution in [0.2, 0.25) is 0 Å². The summed E-state index contributed by atoms with van der Waals surface area (Å²) in [4.78, 5) is 12.2. The van der Waals surface area contributed by atoms with Crippen LogP contribution in [0.15, 0.2) is 23.1 Å². The third kappa shape index (κ3) is 6.72. The largest absolute Gasteiger partial charge is 0.411 e. The lowest BCUT2D eigenvalue weighted by Crippen LogP contribution is -2.37. The zero-order chi connectivity index (χ0) is 19.4. The van der Waals surface area contributed by atoms with Gasteiger partial charge >= 0.3 is 6.18 Å². The van der Waals surface area contributed by atoms with Gasteiger partial charge in [0.05, 0.1) is 17.1 Å². The minimum absolute atomic E-state index is 0.0518. The number of halogens is 4. The zero-order valence-electron chi connectivity index (χ0n) is 13.7. The summed E-state index contributed by atoms with van der Waals surface area (Å²) in [6, 6.07) is 3.41. The van der Waals surface area contributed by atoms with Crippen molar-refractivity contribution >= 4 is 38.5 Å². The first kappa shape index (κ1) is 22.1. The monoisotopic (exact) mass is 494 g/mol. The molecule has 0 aliphatic rings. The van der Waals surface area contributed by atoms with Crippen LogP contribution in [-0.4, -0.2) is 58.2 Å². The Morgan fingerprint density at radius 1 is 1.36 bits per heavy atom. The number of ether oxygens (including phenoxy) is 1. The summed E-state index contributed by atoms with van der Waals surface area (Å²) in [7, 11) is -0.972. The fraction of sp³-hybridized carbons (Fsp3) is 0.500. The van der Waals surface area contributed by atoms with Crippen LogP contribution < -0.4 is 5.32 Å². The van der Waals surface area contributed by atoms with Crippen LogP contribution in [0.25, 0.3) is 0 Å². The molecular formula is C14H18F3IN2O4S. The third-order valence-corrected chi connectivity index (χ3v) is 5.72. The van der Waals surface area contributed by atoms with E-state index in [0.717, 1.165) is 4.31 Å². The van der Waals surface area contributed by atoms with Gasteiger partial charge in [-0.2, -0.15) is 13.2 Å². The minimum atomic E-state index is -4.44. The quantitative estimate of drug-likeness (QED) is 0.591. The first-order valence-corrected chi connectivity index (χ1v) is 9.54. The number of hydrogen-bond donors (Lipinski definition) is 1. The average Bonchev–Trinajstić information content (AvgIpc) is 2.45. The second-order valence-electron chi connectivity index (χ2n) is 5.43. The number of nitrogens with one attached hydrogen (secondary N) is 1. The Morgan fingerprint density at radius 2 is 1.96 bits per heavy atom. The fourth-order valence-corrected chi connectivity index (χ4v) is 3.25. The molecule has 142 valence electrons. The molecule has 25 heavy (non-hydrogen) atoms. The Hall–Kier alpha value is -0.920. The fourth-order valence-electron chi connectivity index (χ4n) is 1.74. The zero-order valence-corrected chi connectivity index (χ0v) is 16.7. The van der Waals surface area contributed by atoms with E-state index >= 15 is 0 Å². The lowest BCUT2D eigenvalue weighted by atomic mass is 10.2. The molecule has 1 atom stereocenters. The van der Waals surface area contributed by atoms with Crippen molar-refractivity contribution in [1.29, 1.82) is 0 Å². The number of carbonyl (C=O) groups is 1. The molecular weight excluding hydrogens is 476 g/mol. The minimum Gasteiger partial charge on any atom is -0.370 e. The second-order valence-corrected chi connectivity index (χ2v) is 8.75. The van der Waals surface area contributed by atoms with Crippen molar-refractivity contribution < 1.29 is 31.1 Å². The summed E-state index contributed by atoms with van der Waals surface area (Å²) in [5.74, 6) is -0.594. The Morgan fingerprint density at radius 3 is 2.48 bits per heavy atom. The summed E-state index contributed by atoms with van der Waals surface area (Å²) in [6.07, 6.45) is -4.44. The summed E-state index contributed by atoms with van der Waals surface area (Å²) < 4.78 is 66.4. The number of sulfonamides is 1. The van der Waals surface area contributed by atoms with Gasteiger partial charge in [-0.05, 0) is 47.7 Å². The molecule has 0 heterocycles. The van der Waals surface area contributed by atoms with E-state index in [2.05, 4.69) is 10.1 Å². The van der Waals surface area contributed by atoms with Crippen LogP contribution in [0.4, 0.5) is 13.2 Å². The van der Waals surface area contributed by atoms with Gasteiger partial charge in [0.2, 0.25) is 10.0 Å². The van der Waals surface area contributed by atoms with Gasteiger partial charge in [0, 0.05) is 23.7 Å².